The van der Waals surface area contributed by atoms with Gasteiger partial charge in [0.25, 0.3) is 0 Å². The van der Waals surface area contributed by atoms with E-state index < -0.39 is 0 Å². The lowest BCUT2D eigenvalue weighted by Crippen LogP contribution is -1.78. The smallest absolute Gasteiger partial charge is 0.0570 e. The molecule has 0 spiro atoms. The maximum Gasteiger partial charge on any atom is 0.0570 e. The van der Waals surface area contributed by atoms with Crippen molar-refractivity contribution in [2.45, 2.75) is 0 Å². The lowest BCUT2D eigenvalue weighted by atomic mass is 10.4. The Bertz CT molecular complexity index is 126. The van der Waals surface area contributed by atoms with Gasteiger partial charge in [-0.05, 0) is 12.2 Å². The Balaban J connectivity index is 2.79. The summed E-state index contributed by atoms with van der Waals surface area (Å²) in [6.07, 6.45) is 7.89. The molecule has 1 rings (SSSR count). The van der Waals surface area contributed by atoms with Gasteiger partial charge in [-0.1, -0.05) is 12.2 Å². The molecule has 0 aromatic rings. The third-order valence-corrected chi connectivity index (χ3v) is 0.903. The van der Waals surface area contributed by atoms with Crippen molar-refractivity contribution < 1.29 is 0 Å². The van der Waals surface area contributed by atoms with Crippen LogP contribution in [0, 0.1) is 0 Å². The Morgan fingerprint density at radius 3 is 2.14 bits per heavy atom. The fraction of sp³-hybridized carbons (Fsp3) is 0.167. The van der Waals surface area contributed by atoms with Gasteiger partial charge in [-0.25, -0.2) is 0 Å². The second-order valence-corrected chi connectivity index (χ2v) is 1.37. The highest BCUT2D eigenvalue weighted by molar-refractivity contribution is 6.06. The highest BCUT2D eigenvalue weighted by Gasteiger charge is 1.86. The van der Waals surface area contributed by atoms with E-state index in [1.54, 1.807) is 7.05 Å². The predicted octanol–water partition coefficient (Wildman–Crippen LogP) is 1.18. The molecule has 0 saturated heterocycles. The van der Waals surface area contributed by atoms with Crippen molar-refractivity contribution in [2.75, 3.05) is 7.05 Å². The Labute approximate surface area is 43.1 Å². The predicted molar refractivity (Wildman–Crippen MR) is 31.6 cm³/mol. The minimum Gasteiger partial charge on any atom is -0.289 e. The summed E-state index contributed by atoms with van der Waals surface area (Å²) in [5.74, 6) is 0. The quantitative estimate of drug-likeness (QED) is 0.426. The fourth-order valence-electron chi connectivity index (χ4n) is 0.513. The largest absolute Gasteiger partial charge is 0.289 e. The van der Waals surface area contributed by atoms with E-state index in [0.717, 1.165) is 5.71 Å². The van der Waals surface area contributed by atoms with Crippen LogP contribution in [-0.4, -0.2) is 12.8 Å². The van der Waals surface area contributed by atoms with Gasteiger partial charge in [-0.3, -0.25) is 4.99 Å². The molecule has 0 aliphatic heterocycles. The molecule has 0 unspecified atom stereocenters. The molecule has 0 heterocycles. The number of rotatable bonds is 0. The number of nitrogens with zero attached hydrogens (tertiary/aromatic N) is 1. The summed E-state index contributed by atoms with van der Waals surface area (Å²) in [5.41, 5.74) is 1.06. The minimum atomic E-state index is 1.06. The topological polar surface area (TPSA) is 12.4 Å². The molecule has 0 aromatic heterocycles. The average Bonchev–Trinajstić information content (AvgIpc) is 2.14. The molecule has 1 aliphatic rings. The first-order valence-electron chi connectivity index (χ1n) is 2.25. The Morgan fingerprint density at radius 1 is 1.29 bits per heavy atom. The molecular formula is C6H7N. The second-order valence-electron chi connectivity index (χ2n) is 1.37. The number of hydrogen-bond donors (Lipinski definition) is 0. The van der Waals surface area contributed by atoms with Crippen LogP contribution in [0.1, 0.15) is 0 Å². The van der Waals surface area contributed by atoms with E-state index >= 15 is 0 Å². The van der Waals surface area contributed by atoms with Crippen molar-refractivity contribution in [2.24, 2.45) is 4.99 Å². The summed E-state index contributed by atoms with van der Waals surface area (Å²) < 4.78 is 0. The van der Waals surface area contributed by atoms with E-state index in [0.29, 0.717) is 0 Å². The average molecular weight is 93.1 g/mol. The van der Waals surface area contributed by atoms with E-state index in [4.69, 9.17) is 0 Å². The number of aliphatic imine (C=N–C) groups is 1. The molecule has 36 valence electrons. The first kappa shape index (κ1) is 4.31. The molecule has 0 saturated carbocycles. The molecule has 0 fully saturated rings. The molecule has 1 aliphatic carbocycles. The van der Waals surface area contributed by atoms with Crippen LogP contribution in [0.2, 0.25) is 0 Å². The fourth-order valence-corrected chi connectivity index (χ4v) is 0.513. The van der Waals surface area contributed by atoms with Crippen molar-refractivity contribution in [1.82, 2.24) is 0 Å². The van der Waals surface area contributed by atoms with Crippen LogP contribution in [0.5, 0.6) is 0 Å². The lowest BCUT2D eigenvalue weighted by Gasteiger charge is -1.77. The highest BCUT2D eigenvalue weighted by atomic mass is 14.7. The van der Waals surface area contributed by atoms with Crippen LogP contribution < -0.4 is 0 Å². The zero-order valence-corrected chi connectivity index (χ0v) is 4.26. The van der Waals surface area contributed by atoms with E-state index in [2.05, 4.69) is 4.99 Å². The number of hydrogen-bond acceptors (Lipinski definition) is 1. The van der Waals surface area contributed by atoms with Crippen LogP contribution in [0.25, 0.3) is 0 Å². The molecule has 0 amide bonds. The summed E-state index contributed by atoms with van der Waals surface area (Å²) in [5, 5.41) is 0. The summed E-state index contributed by atoms with van der Waals surface area (Å²) in [4.78, 5) is 3.93. The molecule has 0 N–H and O–H groups in total. The second kappa shape index (κ2) is 1.73. The van der Waals surface area contributed by atoms with Gasteiger partial charge in [0, 0.05) is 7.05 Å². The molecule has 0 atom stereocenters. The third-order valence-electron chi connectivity index (χ3n) is 0.903. The Kier molecular flexibility index (Phi) is 1.07. The van der Waals surface area contributed by atoms with Crippen molar-refractivity contribution in [1.29, 1.82) is 0 Å². The van der Waals surface area contributed by atoms with Gasteiger partial charge >= 0.3 is 0 Å². The van der Waals surface area contributed by atoms with E-state index in [-0.39, 0.29) is 0 Å². The minimum absolute atomic E-state index is 1.06. The van der Waals surface area contributed by atoms with Gasteiger partial charge in [0.05, 0.1) is 5.71 Å². The molecule has 0 bridgehead atoms. The number of allylic oxidation sites excluding steroid dienone is 4. The van der Waals surface area contributed by atoms with Crippen LogP contribution in [0.3, 0.4) is 0 Å². The Hall–Kier alpha value is -0.850. The maximum atomic E-state index is 3.93. The van der Waals surface area contributed by atoms with Crippen LogP contribution in [0.4, 0.5) is 0 Å². The normalized spacial score (nSPS) is 15.9. The SMILES string of the molecule is CN=C1C=CC=C1. The standard InChI is InChI=1S/C6H7N/c1-7-6-4-2-3-5-6/h2-5H,1H3. The van der Waals surface area contributed by atoms with Crippen molar-refractivity contribution in [3.63, 3.8) is 0 Å². The molecule has 1 nitrogen and oxygen atoms in total. The summed E-state index contributed by atoms with van der Waals surface area (Å²) >= 11 is 0. The van der Waals surface area contributed by atoms with E-state index in [9.17, 15) is 0 Å². The van der Waals surface area contributed by atoms with Gasteiger partial charge in [0.1, 0.15) is 0 Å². The van der Waals surface area contributed by atoms with Gasteiger partial charge in [0.2, 0.25) is 0 Å². The van der Waals surface area contributed by atoms with Gasteiger partial charge in [-0.15, -0.1) is 0 Å². The third kappa shape index (κ3) is 0.769. The summed E-state index contributed by atoms with van der Waals surface area (Å²) in [6, 6.07) is 0. The van der Waals surface area contributed by atoms with Crippen LogP contribution in [-0.2, 0) is 0 Å². The molecule has 7 heavy (non-hydrogen) atoms. The summed E-state index contributed by atoms with van der Waals surface area (Å²) in [6.45, 7) is 0. The van der Waals surface area contributed by atoms with Crippen LogP contribution >= 0.6 is 0 Å². The van der Waals surface area contributed by atoms with E-state index in [1.807, 2.05) is 24.3 Å². The molecule has 0 aromatic carbocycles. The molecule has 1 heteroatoms. The first-order chi connectivity index (χ1) is 3.43. The lowest BCUT2D eigenvalue weighted by molar-refractivity contribution is 1.46. The first-order valence-corrected chi connectivity index (χ1v) is 2.25. The highest BCUT2D eigenvalue weighted by Crippen LogP contribution is 1.92. The van der Waals surface area contributed by atoms with Crippen LogP contribution in [0.15, 0.2) is 29.3 Å². The maximum absolute atomic E-state index is 3.93. The zero-order chi connectivity index (χ0) is 5.11. The monoisotopic (exact) mass is 93.1 g/mol. The Morgan fingerprint density at radius 2 is 1.86 bits per heavy atom. The van der Waals surface area contributed by atoms with Crippen molar-refractivity contribution in [3.8, 4) is 0 Å². The van der Waals surface area contributed by atoms with Crippen molar-refractivity contribution in [3.05, 3.63) is 24.3 Å². The van der Waals surface area contributed by atoms with Gasteiger partial charge < -0.3 is 0 Å². The van der Waals surface area contributed by atoms with Crippen molar-refractivity contribution >= 4 is 5.71 Å². The van der Waals surface area contributed by atoms with Gasteiger partial charge in [-0.2, -0.15) is 0 Å². The summed E-state index contributed by atoms with van der Waals surface area (Å²) in [7, 11) is 1.79. The molecular weight excluding hydrogens is 86.1 g/mol. The van der Waals surface area contributed by atoms with Gasteiger partial charge in [0.15, 0.2) is 0 Å². The molecule has 0 radical (unpaired) electrons. The zero-order valence-electron chi connectivity index (χ0n) is 4.26. The van der Waals surface area contributed by atoms with E-state index in [1.165, 1.54) is 0 Å².